The highest BCUT2D eigenvalue weighted by Crippen LogP contribution is 2.28. The standard InChI is InChI=1S/C11H13BrO3S/c1-7(2-3-13)16-10-5-8(11(14)15)4-9(12)6-10/h4-7,13H,2-3H2,1H3,(H,14,15). The summed E-state index contributed by atoms with van der Waals surface area (Å²) in [6.45, 7) is 2.15. The van der Waals surface area contributed by atoms with Gasteiger partial charge in [-0.3, -0.25) is 0 Å². The van der Waals surface area contributed by atoms with Crippen molar-refractivity contribution in [1.29, 1.82) is 0 Å². The minimum absolute atomic E-state index is 0.147. The lowest BCUT2D eigenvalue weighted by Crippen LogP contribution is -2.00. The van der Waals surface area contributed by atoms with E-state index >= 15 is 0 Å². The summed E-state index contributed by atoms with van der Waals surface area (Å²) in [5.74, 6) is -0.932. The second kappa shape index (κ2) is 6.27. The zero-order valence-corrected chi connectivity index (χ0v) is 11.2. The molecule has 1 unspecified atom stereocenters. The third-order valence-corrected chi connectivity index (χ3v) is 3.59. The van der Waals surface area contributed by atoms with Gasteiger partial charge in [-0.15, -0.1) is 11.8 Å². The predicted molar refractivity (Wildman–Crippen MR) is 68.1 cm³/mol. The number of benzene rings is 1. The fraction of sp³-hybridized carbons (Fsp3) is 0.364. The molecule has 2 N–H and O–H groups in total. The van der Waals surface area contributed by atoms with Crippen molar-refractivity contribution in [3.8, 4) is 0 Å². The zero-order chi connectivity index (χ0) is 12.1. The number of aliphatic hydroxyl groups excluding tert-OH is 1. The molecule has 0 aliphatic rings. The second-order valence-corrected chi connectivity index (χ2v) is 5.85. The van der Waals surface area contributed by atoms with Gasteiger partial charge in [0.1, 0.15) is 0 Å². The zero-order valence-electron chi connectivity index (χ0n) is 8.81. The summed E-state index contributed by atoms with van der Waals surface area (Å²) in [5.41, 5.74) is 0.271. The van der Waals surface area contributed by atoms with Gasteiger partial charge in [0.25, 0.3) is 0 Å². The lowest BCUT2D eigenvalue weighted by Gasteiger charge is -2.10. The van der Waals surface area contributed by atoms with Crippen molar-refractivity contribution in [2.45, 2.75) is 23.5 Å². The molecule has 0 radical (unpaired) electrons. The molecule has 88 valence electrons. The number of halogens is 1. The van der Waals surface area contributed by atoms with E-state index in [4.69, 9.17) is 10.2 Å². The molecule has 0 aliphatic heterocycles. The SMILES string of the molecule is CC(CCO)Sc1cc(Br)cc(C(=O)O)c1. The van der Waals surface area contributed by atoms with E-state index in [-0.39, 0.29) is 17.4 Å². The molecule has 0 saturated carbocycles. The van der Waals surface area contributed by atoms with Crippen LogP contribution in [-0.4, -0.2) is 28.0 Å². The predicted octanol–water partition coefficient (Wildman–Crippen LogP) is 3.01. The average Bonchev–Trinajstić information content (AvgIpc) is 2.16. The van der Waals surface area contributed by atoms with Gasteiger partial charge < -0.3 is 10.2 Å². The highest BCUT2D eigenvalue weighted by Gasteiger charge is 2.09. The number of carboxylic acids is 1. The molecule has 0 saturated heterocycles. The van der Waals surface area contributed by atoms with Crippen molar-refractivity contribution in [3.05, 3.63) is 28.2 Å². The van der Waals surface area contributed by atoms with Crippen molar-refractivity contribution in [2.75, 3.05) is 6.61 Å². The maximum atomic E-state index is 10.8. The normalized spacial score (nSPS) is 12.4. The van der Waals surface area contributed by atoms with E-state index in [2.05, 4.69) is 15.9 Å². The molecule has 16 heavy (non-hydrogen) atoms. The Labute approximate surface area is 107 Å². The lowest BCUT2D eigenvalue weighted by molar-refractivity contribution is 0.0696. The number of hydrogen-bond acceptors (Lipinski definition) is 3. The number of thioether (sulfide) groups is 1. The van der Waals surface area contributed by atoms with Crippen LogP contribution in [0.1, 0.15) is 23.7 Å². The van der Waals surface area contributed by atoms with Crippen molar-refractivity contribution in [3.63, 3.8) is 0 Å². The van der Waals surface area contributed by atoms with E-state index in [1.165, 1.54) is 0 Å². The van der Waals surface area contributed by atoms with Gasteiger partial charge in [0, 0.05) is 21.2 Å². The van der Waals surface area contributed by atoms with Crippen LogP contribution in [0.4, 0.5) is 0 Å². The second-order valence-electron chi connectivity index (χ2n) is 3.42. The maximum Gasteiger partial charge on any atom is 0.335 e. The number of carboxylic acid groups (broad SMARTS) is 1. The Morgan fingerprint density at radius 2 is 2.19 bits per heavy atom. The van der Waals surface area contributed by atoms with Gasteiger partial charge >= 0.3 is 5.97 Å². The summed E-state index contributed by atoms with van der Waals surface area (Å²) < 4.78 is 0.756. The fourth-order valence-corrected chi connectivity index (χ4v) is 2.95. The first kappa shape index (κ1) is 13.5. The molecule has 0 aromatic heterocycles. The molecule has 0 spiro atoms. The van der Waals surface area contributed by atoms with E-state index in [0.717, 1.165) is 9.37 Å². The molecular formula is C11H13BrO3S. The smallest absolute Gasteiger partial charge is 0.335 e. The summed E-state index contributed by atoms with van der Waals surface area (Å²) in [4.78, 5) is 11.7. The van der Waals surface area contributed by atoms with Crippen LogP contribution in [0.15, 0.2) is 27.6 Å². The van der Waals surface area contributed by atoms with Crippen molar-refractivity contribution in [1.82, 2.24) is 0 Å². The first-order chi connectivity index (χ1) is 7.52. The monoisotopic (exact) mass is 304 g/mol. The third kappa shape index (κ3) is 4.15. The van der Waals surface area contributed by atoms with Crippen LogP contribution in [0.3, 0.4) is 0 Å². The number of hydrogen-bond donors (Lipinski definition) is 2. The summed E-state index contributed by atoms with van der Waals surface area (Å²) >= 11 is 4.84. The topological polar surface area (TPSA) is 57.5 Å². The summed E-state index contributed by atoms with van der Waals surface area (Å²) in [6.07, 6.45) is 0.694. The van der Waals surface area contributed by atoms with E-state index in [9.17, 15) is 4.79 Å². The van der Waals surface area contributed by atoms with Gasteiger partial charge in [-0.25, -0.2) is 4.79 Å². The van der Waals surface area contributed by atoms with Gasteiger partial charge in [-0.2, -0.15) is 0 Å². The van der Waals surface area contributed by atoms with Gasteiger partial charge in [0.15, 0.2) is 0 Å². The Bertz CT molecular complexity index is 381. The van der Waals surface area contributed by atoms with Gasteiger partial charge in [-0.05, 0) is 24.6 Å². The average molecular weight is 305 g/mol. The molecular weight excluding hydrogens is 292 g/mol. The number of aromatic carboxylic acids is 1. The first-order valence-electron chi connectivity index (χ1n) is 4.84. The first-order valence-corrected chi connectivity index (χ1v) is 6.51. The molecule has 5 heteroatoms. The van der Waals surface area contributed by atoms with E-state index in [1.54, 1.807) is 23.9 Å². The van der Waals surface area contributed by atoms with Crippen LogP contribution < -0.4 is 0 Å². The highest BCUT2D eigenvalue weighted by atomic mass is 79.9. The molecule has 1 rings (SSSR count). The van der Waals surface area contributed by atoms with Gasteiger partial charge in [0.05, 0.1) is 5.56 Å². The molecule has 1 atom stereocenters. The molecule has 1 aromatic rings. The molecule has 0 aliphatic carbocycles. The highest BCUT2D eigenvalue weighted by molar-refractivity contribution is 9.10. The minimum Gasteiger partial charge on any atom is -0.478 e. The fourth-order valence-electron chi connectivity index (χ4n) is 1.23. The van der Waals surface area contributed by atoms with E-state index < -0.39 is 5.97 Å². The Balaban J connectivity index is 2.84. The van der Waals surface area contributed by atoms with E-state index in [1.807, 2.05) is 13.0 Å². The Morgan fingerprint density at radius 1 is 1.50 bits per heavy atom. The number of rotatable bonds is 5. The maximum absolute atomic E-state index is 10.8. The Morgan fingerprint density at radius 3 is 2.75 bits per heavy atom. The van der Waals surface area contributed by atoms with Crippen LogP contribution in [-0.2, 0) is 0 Å². The Kier molecular flexibility index (Phi) is 5.31. The molecule has 0 amide bonds. The molecule has 0 bridgehead atoms. The van der Waals surface area contributed by atoms with Crippen LogP contribution in [0, 0.1) is 0 Å². The van der Waals surface area contributed by atoms with Gasteiger partial charge in [-0.1, -0.05) is 22.9 Å². The summed E-state index contributed by atoms with van der Waals surface area (Å²) in [5, 5.41) is 18.0. The van der Waals surface area contributed by atoms with Crippen LogP contribution >= 0.6 is 27.7 Å². The van der Waals surface area contributed by atoms with Crippen LogP contribution in [0.5, 0.6) is 0 Å². The largest absolute Gasteiger partial charge is 0.478 e. The third-order valence-electron chi connectivity index (χ3n) is 1.99. The summed E-state index contributed by atoms with van der Waals surface area (Å²) in [6, 6.07) is 5.10. The van der Waals surface area contributed by atoms with Crippen molar-refractivity contribution < 1.29 is 15.0 Å². The number of aliphatic hydroxyl groups is 1. The minimum atomic E-state index is -0.932. The molecule has 0 heterocycles. The van der Waals surface area contributed by atoms with Crippen molar-refractivity contribution >= 4 is 33.7 Å². The molecule has 0 fully saturated rings. The summed E-state index contributed by atoms with van der Waals surface area (Å²) in [7, 11) is 0. The molecule has 3 nitrogen and oxygen atoms in total. The molecule has 1 aromatic carbocycles. The van der Waals surface area contributed by atoms with Gasteiger partial charge in [0.2, 0.25) is 0 Å². The Hall–Kier alpha value is -0.520. The lowest BCUT2D eigenvalue weighted by atomic mass is 10.2. The van der Waals surface area contributed by atoms with Crippen LogP contribution in [0.2, 0.25) is 0 Å². The van der Waals surface area contributed by atoms with Crippen LogP contribution in [0.25, 0.3) is 0 Å². The number of carbonyl (C=O) groups is 1. The quantitative estimate of drug-likeness (QED) is 0.821. The van der Waals surface area contributed by atoms with Crippen molar-refractivity contribution in [2.24, 2.45) is 0 Å². The van der Waals surface area contributed by atoms with E-state index in [0.29, 0.717) is 6.42 Å².